The Labute approximate surface area is 148 Å². The lowest BCUT2D eigenvalue weighted by molar-refractivity contribution is 0.0742. The van der Waals surface area contributed by atoms with Crippen LogP contribution in [0.4, 0.5) is 10.5 Å². The molecule has 25 heavy (non-hydrogen) atoms. The van der Waals surface area contributed by atoms with Crippen LogP contribution >= 0.6 is 0 Å². The Morgan fingerprint density at radius 3 is 2.48 bits per heavy atom. The molecule has 1 aliphatic carbocycles. The van der Waals surface area contributed by atoms with E-state index < -0.39 is 0 Å². The normalized spacial score (nSPS) is 14.5. The molecule has 1 unspecified atom stereocenters. The molecule has 0 heterocycles. The van der Waals surface area contributed by atoms with Crippen LogP contribution in [0, 0.1) is 0 Å². The van der Waals surface area contributed by atoms with Crippen molar-refractivity contribution < 1.29 is 9.59 Å². The second-order valence-electron chi connectivity index (χ2n) is 6.46. The Hall–Kier alpha value is -2.82. The maximum Gasteiger partial charge on any atom is 0.319 e. The molecule has 0 spiro atoms. The molecule has 1 saturated carbocycles. The van der Waals surface area contributed by atoms with Gasteiger partial charge in [0.1, 0.15) is 0 Å². The summed E-state index contributed by atoms with van der Waals surface area (Å²) in [5.41, 5.74) is 2.25. The quantitative estimate of drug-likeness (QED) is 0.872. The fourth-order valence-corrected chi connectivity index (χ4v) is 2.64. The van der Waals surface area contributed by atoms with E-state index in [1.54, 1.807) is 36.2 Å². The van der Waals surface area contributed by atoms with Gasteiger partial charge in [0.05, 0.1) is 6.04 Å². The first kappa shape index (κ1) is 17.0. The molecule has 5 nitrogen and oxygen atoms in total. The molecule has 3 rings (SSSR count). The van der Waals surface area contributed by atoms with E-state index in [9.17, 15) is 9.59 Å². The largest absolute Gasteiger partial charge is 0.335 e. The lowest BCUT2D eigenvalue weighted by Crippen LogP contribution is -2.31. The Morgan fingerprint density at radius 2 is 1.80 bits per heavy atom. The summed E-state index contributed by atoms with van der Waals surface area (Å²) >= 11 is 0. The third kappa shape index (κ3) is 4.38. The first-order chi connectivity index (χ1) is 12.0. The number of hydrogen-bond donors (Lipinski definition) is 2. The number of nitrogens with one attached hydrogen (secondary N) is 2. The van der Waals surface area contributed by atoms with E-state index in [0.29, 0.717) is 17.3 Å². The molecule has 5 heteroatoms. The molecule has 0 aromatic heterocycles. The van der Waals surface area contributed by atoms with Crippen LogP contribution in [-0.4, -0.2) is 29.9 Å². The van der Waals surface area contributed by atoms with Crippen molar-refractivity contribution in [2.45, 2.75) is 31.8 Å². The molecule has 0 aliphatic heterocycles. The number of carbonyl (C=O) groups excluding carboxylic acids is 2. The Balaban J connectivity index is 1.68. The molecule has 3 amide bonds. The highest BCUT2D eigenvalue weighted by atomic mass is 16.2. The zero-order chi connectivity index (χ0) is 17.8. The zero-order valence-corrected chi connectivity index (χ0v) is 14.5. The predicted molar refractivity (Wildman–Crippen MR) is 98.6 cm³/mol. The predicted octanol–water partition coefficient (Wildman–Crippen LogP) is 3.80. The Morgan fingerprint density at radius 1 is 1.08 bits per heavy atom. The Kier molecular flexibility index (Phi) is 5.03. The first-order valence-corrected chi connectivity index (χ1v) is 8.54. The van der Waals surface area contributed by atoms with Gasteiger partial charge in [0.25, 0.3) is 5.91 Å². The number of anilines is 1. The van der Waals surface area contributed by atoms with Crippen molar-refractivity contribution in [1.82, 2.24) is 10.2 Å². The number of urea groups is 1. The average molecular weight is 337 g/mol. The van der Waals surface area contributed by atoms with E-state index >= 15 is 0 Å². The van der Waals surface area contributed by atoms with Crippen LogP contribution in [0.1, 0.15) is 41.7 Å². The topological polar surface area (TPSA) is 61.4 Å². The molecule has 2 aromatic rings. The van der Waals surface area contributed by atoms with Gasteiger partial charge in [-0.05, 0) is 43.5 Å². The van der Waals surface area contributed by atoms with E-state index in [-0.39, 0.29) is 18.0 Å². The van der Waals surface area contributed by atoms with Crippen LogP contribution < -0.4 is 10.6 Å². The minimum atomic E-state index is -0.224. The van der Waals surface area contributed by atoms with Crippen molar-refractivity contribution in [3.05, 3.63) is 65.7 Å². The van der Waals surface area contributed by atoms with Gasteiger partial charge >= 0.3 is 6.03 Å². The van der Waals surface area contributed by atoms with E-state index in [4.69, 9.17) is 0 Å². The van der Waals surface area contributed by atoms with Gasteiger partial charge in [-0.2, -0.15) is 0 Å². The van der Waals surface area contributed by atoms with Crippen molar-refractivity contribution in [2.24, 2.45) is 0 Å². The SMILES string of the molecule is CC(c1ccccc1)N(C)C(=O)c1cccc(NC(=O)NC2CC2)c1. The second kappa shape index (κ2) is 7.38. The summed E-state index contributed by atoms with van der Waals surface area (Å²) < 4.78 is 0. The third-order valence-electron chi connectivity index (χ3n) is 4.46. The van der Waals surface area contributed by atoms with Gasteiger partial charge in [-0.3, -0.25) is 4.79 Å². The summed E-state index contributed by atoms with van der Waals surface area (Å²) in [6.07, 6.45) is 2.07. The summed E-state index contributed by atoms with van der Waals surface area (Å²) in [4.78, 5) is 26.3. The summed E-state index contributed by atoms with van der Waals surface area (Å²) in [5, 5.41) is 5.66. The summed E-state index contributed by atoms with van der Waals surface area (Å²) in [5.74, 6) is -0.0809. The van der Waals surface area contributed by atoms with Crippen LogP contribution in [0.3, 0.4) is 0 Å². The van der Waals surface area contributed by atoms with Gasteiger partial charge in [-0.25, -0.2) is 4.79 Å². The number of benzene rings is 2. The summed E-state index contributed by atoms with van der Waals surface area (Å²) in [6, 6.07) is 17.0. The minimum Gasteiger partial charge on any atom is -0.335 e. The molecule has 1 fully saturated rings. The van der Waals surface area contributed by atoms with Crippen LogP contribution in [0.25, 0.3) is 0 Å². The Bertz CT molecular complexity index is 757. The van der Waals surface area contributed by atoms with Crippen LogP contribution in [-0.2, 0) is 0 Å². The van der Waals surface area contributed by atoms with Gasteiger partial charge in [0, 0.05) is 24.3 Å². The van der Waals surface area contributed by atoms with Crippen molar-refractivity contribution in [1.29, 1.82) is 0 Å². The van der Waals surface area contributed by atoms with Gasteiger partial charge in [-0.1, -0.05) is 36.4 Å². The van der Waals surface area contributed by atoms with E-state index in [1.807, 2.05) is 37.3 Å². The minimum absolute atomic E-state index is 0.0384. The van der Waals surface area contributed by atoms with Crippen molar-refractivity contribution in [3.8, 4) is 0 Å². The molecular formula is C20H23N3O2. The van der Waals surface area contributed by atoms with Gasteiger partial charge in [0.2, 0.25) is 0 Å². The summed E-state index contributed by atoms with van der Waals surface area (Å²) in [7, 11) is 1.79. The second-order valence-corrected chi connectivity index (χ2v) is 6.46. The van der Waals surface area contributed by atoms with Crippen molar-refractivity contribution in [3.63, 3.8) is 0 Å². The smallest absolute Gasteiger partial charge is 0.319 e. The molecule has 1 aliphatic rings. The number of rotatable bonds is 5. The highest BCUT2D eigenvalue weighted by Gasteiger charge is 2.23. The highest BCUT2D eigenvalue weighted by Crippen LogP contribution is 2.22. The van der Waals surface area contributed by atoms with Gasteiger partial charge in [-0.15, -0.1) is 0 Å². The van der Waals surface area contributed by atoms with Gasteiger partial charge in [0.15, 0.2) is 0 Å². The maximum absolute atomic E-state index is 12.8. The zero-order valence-electron chi connectivity index (χ0n) is 14.5. The number of hydrogen-bond acceptors (Lipinski definition) is 2. The fraction of sp³-hybridized carbons (Fsp3) is 0.300. The number of carbonyl (C=O) groups is 2. The van der Waals surface area contributed by atoms with Crippen LogP contribution in [0.2, 0.25) is 0 Å². The molecule has 0 bridgehead atoms. The molecule has 0 saturated heterocycles. The number of nitrogens with zero attached hydrogens (tertiary/aromatic N) is 1. The molecule has 0 radical (unpaired) electrons. The van der Waals surface area contributed by atoms with Crippen molar-refractivity contribution >= 4 is 17.6 Å². The van der Waals surface area contributed by atoms with E-state index in [1.165, 1.54) is 0 Å². The first-order valence-electron chi connectivity index (χ1n) is 8.54. The molecule has 2 aromatic carbocycles. The average Bonchev–Trinajstić information content (AvgIpc) is 3.44. The monoisotopic (exact) mass is 337 g/mol. The molecular weight excluding hydrogens is 314 g/mol. The fourth-order valence-electron chi connectivity index (χ4n) is 2.64. The molecule has 130 valence electrons. The maximum atomic E-state index is 12.8. The highest BCUT2D eigenvalue weighted by molar-refractivity contribution is 5.97. The van der Waals surface area contributed by atoms with Crippen LogP contribution in [0.5, 0.6) is 0 Å². The lowest BCUT2D eigenvalue weighted by atomic mass is 10.1. The van der Waals surface area contributed by atoms with E-state index in [0.717, 1.165) is 18.4 Å². The van der Waals surface area contributed by atoms with Gasteiger partial charge < -0.3 is 15.5 Å². The standard InChI is InChI=1S/C20H23N3O2/c1-14(15-7-4-3-5-8-15)23(2)19(24)16-9-6-10-18(13-16)22-20(25)21-17-11-12-17/h3-10,13-14,17H,11-12H2,1-2H3,(H2,21,22,25). The molecule has 1 atom stereocenters. The van der Waals surface area contributed by atoms with E-state index in [2.05, 4.69) is 10.6 Å². The number of amides is 3. The molecule has 2 N–H and O–H groups in total. The van der Waals surface area contributed by atoms with Crippen molar-refractivity contribution in [2.75, 3.05) is 12.4 Å². The third-order valence-corrected chi connectivity index (χ3v) is 4.46. The summed E-state index contributed by atoms with van der Waals surface area (Å²) in [6.45, 7) is 2.00. The van der Waals surface area contributed by atoms with Crippen LogP contribution in [0.15, 0.2) is 54.6 Å². The lowest BCUT2D eigenvalue weighted by Gasteiger charge is -2.25.